The van der Waals surface area contributed by atoms with Gasteiger partial charge in [0, 0.05) is 31.5 Å². The van der Waals surface area contributed by atoms with Gasteiger partial charge in [-0.05, 0) is 30.7 Å². The number of hydrogen-bond acceptors (Lipinski definition) is 3. The fraction of sp³-hybridized carbons (Fsp3) is 0.615. The number of aromatic nitrogens is 1. The molecule has 0 bridgehead atoms. The van der Waals surface area contributed by atoms with Crippen molar-refractivity contribution >= 4 is 11.5 Å². The molecule has 1 saturated carbocycles. The smallest absolute Gasteiger partial charge is 0.127 e. The highest BCUT2D eigenvalue weighted by molar-refractivity contribution is 5.51. The molecule has 0 saturated heterocycles. The van der Waals surface area contributed by atoms with Crippen molar-refractivity contribution in [2.75, 3.05) is 24.2 Å². The van der Waals surface area contributed by atoms with Crippen LogP contribution in [0.15, 0.2) is 18.3 Å². The van der Waals surface area contributed by atoms with Crippen molar-refractivity contribution in [1.29, 1.82) is 0 Å². The molecule has 0 aliphatic heterocycles. The zero-order valence-corrected chi connectivity index (χ0v) is 10.2. The Balaban J connectivity index is 1.84. The van der Waals surface area contributed by atoms with Crippen LogP contribution in [0.4, 0.5) is 11.5 Å². The van der Waals surface area contributed by atoms with Gasteiger partial charge in [0.05, 0.1) is 0 Å². The van der Waals surface area contributed by atoms with Gasteiger partial charge in [0.2, 0.25) is 0 Å². The van der Waals surface area contributed by atoms with E-state index in [4.69, 9.17) is 0 Å². The largest absolute Gasteiger partial charge is 0.385 e. The first-order chi connectivity index (χ1) is 7.78. The minimum Gasteiger partial charge on any atom is -0.385 e. The first kappa shape index (κ1) is 11.2. The van der Waals surface area contributed by atoms with Gasteiger partial charge in [-0.15, -0.1) is 0 Å². The molecular weight excluding hydrogens is 198 g/mol. The van der Waals surface area contributed by atoms with E-state index in [2.05, 4.69) is 28.6 Å². The van der Waals surface area contributed by atoms with Gasteiger partial charge in [-0.2, -0.15) is 0 Å². The second kappa shape index (κ2) is 5.19. The van der Waals surface area contributed by atoms with E-state index < -0.39 is 0 Å². The van der Waals surface area contributed by atoms with E-state index in [0.717, 1.165) is 24.2 Å². The lowest BCUT2D eigenvalue weighted by molar-refractivity contribution is 0.537. The van der Waals surface area contributed by atoms with Crippen molar-refractivity contribution in [2.45, 2.75) is 26.2 Å². The van der Waals surface area contributed by atoms with E-state index in [1.807, 2.05) is 19.3 Å². The van der Waals surface area contributed by atoms with Crippen LogP contribution in [0, 0.1) is 11.8 Å². The SMILES string of the molecule is CNc1cc(NCC2CCC(C)C2)ccn1. The lowest BCUT2D eigenvalue weighted by atomic mass is 10.1. The van der Waals surface area contributed by atoms with Crippen molar-refractivity contribution in [2.24, 2.45) is 11.8 Å². The third kappa shape index (κ3) is 2.87. The van der Waals surface area contributed by atoms with Crippen LogP contribution in [0.1, 0.15) is 26.2 Å². The summed E-state index contributed by atoms with van der Waals surface area (Å²) >= 11 is 0. The Hall–Kier alpha value is -1.25. The highest BCUT2D eigenvalue weighted by Gasteiger charge is 2.20. The molecule has 1 aromatic rings. The van der Waals surface area contributed by atoms with Gasteiger partial charge in [-0.3, -0.25) is 0 Å². The summed E-state index contributed by atoms with van der Waals surface area (Å²) in [5.41, 5.74) is 1.17. The predicted octanol–water partition coefficient (Wildman–Crippen LogP) is 2.97. The summed E-state index contributed by atoms with van der Waals surface area (Å²) in [5.74, 6) is 2.68. The maximum Gasteiger partial charge on any atom is 0.127 e. The number of anilines is 2. The predicted molar refractivity (Wildman–Crippen MR) is 68.8 cm³/mol. The van der Waals surface area contributed by atoms with E-state index >= 15 is 0 Å². The minimum atomic E-state index is 0.848. The van der Waals surface area contributed by atoms with Crippen molar-refractivity contribution < 1.29 is 0 Å². The van der Waals surface area contributed by atoms with E-state index in [1.54, 1.807) is 0 Å². The maximum absolute atomic E-state index is 4.20. The van der Waals surface area contributed by atoms with E-state index in [0.29, 0.717) is 0 Å². The summed E-state index contributed by atoms with van der Waals surface area (Å²) in [6, 6.07) is 4.08. The Morgan fingerprint density at radius 3 is 3.00 bits per heavy atom. The molecular formula is C13H21N3. The molecule has 1 aliphatic rings. The van der Waals surface area contributed by atoms with Crippen LogP contribution in [0.2, 0.25) is 0 Å². The monoisotopic (exact) mass is 219 g/mol. The van der Waals surface area contributed by atoms with Crippen LogP contribution in [0.25, 0.3) is 0 Å². The molecule has 2 unspecified atom stereocenters. The molecule has 88 valence electrons. The van der Waals surface area contributed by atoms with Gasteiger partial charge in [-0.1, -0.05) is 13.3 Å². The molecule has 1 aliphatic carbocycles. The fourth-order valence-electron chi connectivity index (χ4n) is 2.45. The molecule has 3 nitrogen and oxygen atoms in total. The molecule has 2 rings (SSSR count). The van der Waals surface area contributed by atoms with Crippen LogP contribution in [-0.4, -0.2) is 18.6 Å². The van der Waals surface area contributed by atoms with Crippen molar-refractivity contribution in [1.82, 2.24) is 4.98 Å². The topological polar surface area (TPSA) is 37.0 Å². The summed E-state index contributed by atoms with van der Waals surface area (Å²) in [6.45, 7) is 3.45. The maximum atomic E-state index is 4.20. The number of nitrogens with zero attached hydrogens (tertiary/aromatic N) is 1. The van der Waals surface area contributed by atoms with Crippen LogP contribution < -0.4 is 10.6 Å². The van der Waals surface area contributed by atoms with Crippen LogP contribution in [0.5, 0.6) is 0 Å². The molecule has 2 N–H and O–H groups in total. The zero-order chi connectivity index (χ0) is 11.4. The van der Waals surface area contributed by atoms with Gasteiger partial charge in [-0.25, -0.2) is 4.98 Å². The highest BCUT2D eigenvalue weighted by Crippen LogP contribution is 2.30. The normalized spacial score (nSPS) is 24.4. The standard InChI is InChI=1S/C13H21N3/c1-10-3-4-11(7-10)9-16-12-5-6-15-13(8-12)14-2/h5-6,8,10-11H,3-4,7,9H2,1-2H3,(H2,14,15,16). The number of rotatable bonds is 4. The second-order valence-electron chi connectivity index (χ2n) is 4.84. The third-order valence-electron chi connectivity index (χ3n) is 3.41. The Kier molecular flexibility index (Phi) is 3.65. The number of pyridine rings is 1. The summed E-state index contributed by atoms with van der Waals surface area (Å²) < 4.78 is 0. The average Bonchev–Trinajstić information content (AvgIpc) is 2.73. The van der Waals surface area contributed by atoms with E-state index in [-0.39, 0.29) is 0 Å². The minimum absolute atomic E-state index is 0.848. The molecule has 0 radical (unpaired) electrons. The number of nitrogens with one attached hydrogen (secondary N) is 2. The lowest BCUT2D eigenvalue weighted by Crippen LogP contribution is -2.11. The van der Waals surface area contributed by atoms with Crippen molar-refractivity contribution in [3.63, 3.8) is 0 Å². The van der Waals surface area contributed by atoms with Gasteiger partial charge in [0.15, 0.2) is 0 Å². The second-order valence-corrected chi connectivity index (χ2v) is 4.84. The summed E-state index contributed by atoms with van der Waals surface area (Å²) in [6.07, 6.45) is 5.98. The molecule has 3 heteroatoms. The molecule has 2 atom stereocenters. The average molecular weight is 219 g/mol. The zero-order valence-electron chi connectivity index (χ0n) is 10.2. The quantitative estimate of drug-likeness (QED) is 0.817. The molecule has 16 heavy (non-hydrogen) atoms. The van der Waals surface area contributed by atoms with E-state index in [9.17, 15) is 0 Å². The molecule has 0 spiro atoms. The molecule has 1 aromatic heterocycles. The van der Waals surface area contributed by atoms with Gasteiger partial charge >= 0.3 is 0 Å². The van der Waals surface area contributed by atoms with Gasteiger partial charge in [0.1, 0.15) is 5.82 Å². The van der Waals surface area contributed by atoms with Gasteiger partial charge < -0.3 is 10.6 Å². The van der Waals surface area contributed by atoms with Crippen LogP contribution in [-0.2, 0) is 0 Å². The summed E-state index contributed by atoms with van der Waals surface area (Å²) in [5, 5.41) is 6.55. The Morgan fingerprint density at radius 1 is 1.44 bits per heavy atom. The molecule has 1 fully saturated rings. The van der Waals surface area contributed by atoms with Crippen LogP contribution in [0.3, 0.4) is 0 Å². The summed E-state index contributed by atoms with van der Waals surface area (Å²) in [7, 11) is 1.89. The molecule has 1 heterocycles. The van der Waals surface area contributed by atoms with Crippen molar-refractivity contribution in [3.05, 3.63) is 18.3 Å². The van der Waals surface area contributed by atoms with Gasteiger partial charge in [0.25, 0.3) is 0 Å². The molecule has 0 amide bonds. The summed E-state index contributed by atoms with van der Waals surface area (Å²) in [4.78, 5) is 4.20. The van der Waals surface area contributed by atoms with Crippen molar-refractivity contribution in [3.8, 4) is 0 Å². The highest BCUT2D eigenvalue weighted by atomic mass is 15.0. The Labute approximate surface area is 97.7 Å². The molecule has 0 aromatic carbocycles. The number of hydrogen-bond donors (Lipinski definition) is 2. The first-order valence-electron chi connectivity index (χ1n) is 6.15. The van der Waals surface area contributed by atoms with Crippen LogP contribution >= 0.6 is 0 Å². The Morgan fingerprint density at radius 2 is 2.31 bits per heavy atom. The lowest BCUT2D eigenvalue weighted by Gasteiger charge is -2.12. The first-order valence-corrected chi connectivity index (χ1v) is 6.15. The Bertz CT molecular complexity index is 338. The fourth-order valence-corrected chi connectivity index (χ4v) is 2.45. The third-order valence-corrected chi connectivity index (χ3v) is 3.41. The van der Waals surface area contributed by atoms with E-state index in [1.165, 1.54) is 24.9 Å².